The van der Waals surface area contributed by atoms with Gasteiger partial charge < -0.3 is 40.4 Å². The summed E-state index contributed by atoms with van der Waals surface area (Å²) in [5.74, 6) is -2.84. The Morgan fingerprint density at radius 1 is 0.946 bits per heavy atom. The SMILES string of the molecule is CCC[C@H](NC(=O)[C@@H]1C[C@@H](Oc2ccc(Cl)cn2)CN1C(=O)[C@@H](NC(=O)[C@H](Nc1nc(OC)nc(OC)n1)C1CCCCC1)C(C)(C)C)C(=O)C(=O)NC1CC1. The molecule has 2 aromatic heterocycles. The van der Waals surface area contributed by atoms with Gasteiger partial charge >= 0.3 is 12.0 Å². The molecule has 17 nitrogen and oxygen atoms in total. The van der Waals surface area contributed by atoms with Gasteiger partial charge in [0.15, 0.2) is 0 Å². The molecule has 3 aliphatic rings. The Kier molecular flexibility index (Phi) is 14.3. The predicted octanol–water partition coefficient (Wildman–Crippen LogP) is 3.01. The second-order valence-electron chi connectivity index (χ2n) is 15.7. The molecule has 1 aliphatic heterocycles. The molecule has 5 rings (SSSR count). The summed E-state index contributed by atoms with van der Waals surface area (Å²) in [6.45, 7) is 7.30. The monoisotopic (exact) mass is 799 g/mol. The highest BCUT2D eigenvalue weighted by atomic mass is 35.5. The Morgan fingerprint density at radius 3 is 2.20 bits per heavy atom. The number of rotatable bonds is 17. The van der Waals surface area contributed by atoms with Crippen LogP contribution in [0.2, 0.25) is 5.02 Å². The van der Waals surface area contributed by atoms with Gasteiger partial charge in [0.25, 0.3) is 5.91 Å². The molecular formula is C38H54ClN9O8. The van der Waals surface area contributed by atoms with Crippen LogP contribution < -0.4 is 35.5 Å². The topological polar surface area (TPSA) is 216 Å². The summed E-state index contributed by atoms with van der Waals surface area (Å²) in [5, 5.41) is 12.1. The largest absolute Gasteiger partial charge is 0.472 e. The average Bonchev–Trinajstić information content (AvgIpc) is 3.90. The normalized spacial score (nSPS) is 20.2. The number of hydrogen-bond donors (Lipinski definition) is 4. The Balaban J connectivity index is 1.41. The molecule has 0 radical (unpaired) electrons. The van der Waals surface area contributed by atoms with Gasteiger partial charge in [-0.3, -0.25) is 24.0 Å². The molecule has 2 aromatic rings. The van der Waals surface area contributed by atoms with E-state index in [2.05, 4.69) is 41.2 Å². The highest BCUT2D eigenvalue weighted by molar-refractivity contribution is 6.38. The molecule has 0 aromatic carbocycles. The molecule has 4 N–H and O–H groups in total. The number of ether oxygens (including phenoxy) is 3. The summed E-state index contributed by atoms with van der Waals surface area (Å²) in [5.41, 5.74) is -0.831. The van der Waals surface area contributed by atoms with Gasteiger partial charge in [-0.2, -0.15) is 9.97 Å². The van der Waals surface area contributed by atoms with Gasteiger partial charge in [-0.15, -0.1) is 4.98 Å². The van der Waals surface area contributed by atoms with Crippen molar-refractivity contribution in [2.24, 2.45) is 11.3 Å². The first kappa shape index (κ1) is 42.3. The van der Waals surface area contributed by atoms with Crippen LogP contribution in [0.25, 0.3) is 0 Å². The number of halogens is 1. The van der Waals surface area contributed by atoms with Crippen molar-refractivity contribution in [3.05, 3.63) is 23.4 Å². The highest BCUT2D eigenvalue weighted by Crippen LogP contribution is 2.31. The molecule has 0 bridgehead atoms. The maximum absolute atomic E-state index is 14.8. The number of nitrogens with zero attached hydrogens (tertiary/aromatic N) is 5. The Bertz CT molecular complexity index is 1690. The number of pyridine rings is 1. The zero-order valence-electron chi connectivity index (χ0n) is 32.9. The molecule has 2 saturated carbocycles. The van der Waals surface area contributed by atoms with E-state index in [0.29, 0.717) is 11.4 Å². The maximum atomic E-state index is 14.8. The molecule has 18 heteroatoms. The van der Waals surface area contributed by atoms with Crippen molar-refractivity contribution in [1.82, 2.24) is 40.8 Å². The van der Waals surface area contributed by atoms with Crippen molar-refractivity contribution >= 4 is 47.0 Å². The number of nitrogens with one attached hydrogen (secondary N) is 4. The fraction of sp³-hybridized carbons (Fsp3) is 0.658. The lowest BCUT2D eigenvalue weighted by molar-refractivity contribution is -0.145. The third kappa shape index (κ3) is 11.2. The van der Waals surface area contributed by atoms with Gasteiger partial charge in [-0.05, 0) is 49.5 Å². The second kappa shape index (κ2) is 18.9. The van der Waals surface area contributed by atoms with Crippen LogP contribution in [0.15, 0.2) is 18.3 Å². The molecule has 56 heavy (non-hydrogen) atoms. The molecule has 5 atom stereocenters. The molecule has 1 saturated heterocycles. The number of anilines is 1. The van der Waals surface area contributed by atoms with Crippen molar-refractivity contribution in [3.63, 3.8) is 0 Å². The number of carbonyl (C=O) groups is 5. The number of ketones is 1. The minimum Gasteiger partial charge on any atom is -0.472 e. The van der Waals surface area contributed by atoms with E-state index in [1.54, 1.807) is 12.1 Å². The van der Waals surface area contributed by atoms with Gasteiger partial charge in [0, 0.05) is 24.7 Å². The number of carbonyl (C=O) groups excluding carboxylic acids is 5. The first-order valence-corrected chi connectivity index (χ1v) is 19.7. The van der Waals surface area contributed by atoms with Crippen molar-refractivity contribution in [3.8, 4) is 17.9 Å². The fourth-order valence-electron chi connectivity index (χ4n) is 7.08. The zero-order valence-corrected chi connectivity index (χ0v) is 33.7. The van der Waals surface area contributed by atoms with Crippen LogP contribution in [-0.2, 0) is 24.0 Å². The van der Waals surface area contributed by atoms with Crippen molar-refractivity contribution in [2.75, 3.05) is 26.1 Å². The first-order chi connectivity index (χ1) is 26.7. The van der Waals surface area contributed by atoms with Crippen molar-refractivity contribution in [2.45, 2.75) is 128 Å². The molecule has 3 fully saturated rings. The van der Waals surface area contributed by atoms with Gasteiger partial charge in [-0.1, -0.05) is 65.0 Å². The number of likely N-dealkylation sites (tertiary alicyclic amines) is 1. The summed E-state index contributed by atoms with van der Waals surface area (Å²) in [7, 11) is 2.81. The smallest absolute Gasteiger partial charge is 0.324 e. The quantitative estimate of drug-likeness (QED) is 0.170. The van der Waals surface area contributed by atoms with Crippen LogP contribution in [-0.4, -0.2) is 111 Å². The van der Waals surface area contributed by atoms with Crippen LogP contribution in [0, 0.1) is 11.3 Å². The third-order valence-electron chi connectivity index (χ3n) is 10.2. The predicted molar refractivity (Wildman–Crippen MR) is 205 cm³/mol. The van der Waals surface area contributed by atoms with Crippen LogP contribution in [0.1, 0.15) is 91.9 Å². The number of hydrogen-bond acceptors (Lipinski definition) is 13. The lowest BCUT2D eigenvalue weighted by Gasteiger charge is -2.37. The Labute approximate surface area is 332 Å². The molecule has 2 aliphatic carbocycles. The minimum absolute atomic E-state index is 0.000224. The average molecular weight is 800 g/mol. The Morgan fingerprint density at radius 2 is 1.62 bits per heavy atom. The van der Waals surface area contributed by atoms with Gasteiger partial charge in [-0.25, -0.2) is 4.98 Å². The van der Waals surface area contributed by atoms with Crippen LogP contribution in [0.5, 0.6) is 17.9 Å². The number of aromatic nitrogens is 4. The molecule has 3 heterocycles. The lowest BCUT2D eigenvalue weighted by Crippen LogP contribution is -2.61. The van der Waals surface area contributed by atoms with E-state index in [1.165, 1.54) is 25.3 Å². The molecule has 306 valence electrons. The van der Waals surface area contributed by atoms with E-state index >= 15 is 0 Å². The summed E-state index contributed by atoms with van der Waals surface area (Å²) in [6.07, 6.45) is 7.60. The van der Waals surface area contributed by atoms with Gasteiger partial charge in [0.05, 0.1) is 31.8 Å². The molecule has 4 amide bonds. The number of amides is 4. The number of Topliss-reactive ketones (excluding diaryl/α,β-unsaturated/α-hetero) is 1. The summed E-state index contributed by atoms with van der Waals surface area (Å²) in [4.78, 5) is 87.6. The van der Waals surface area contributed by atoms with E-state index in [4.69, 9.17) is 25.8 Å². The van der Waals surface area contributed by atoms with E-state index in [0.717, 1.165) is 44.9 Å². The zero-order chi connectivity index (χ0) is 40.6. The van der Waals surface area contributed by atoms with E-state index in [9.17, 15) is 24.0 Å². The minimum atomic E-state index is -1.11. The molecule has 0 unspecified atom stereocenters. The van der Waals surface area contributed by atoms with E-state index in [-0.39, 0.29) is 55.2 Å². The van der Waals surface area contributed by atoms with Crippen LogP contribution >= 0.6 is 11.6 Å². The van der Waals surface area contributed by atoms with Gasteiger partial charge in [0.1, 0.15) is 24.2 Å². The summed E-state index contributed by atoms with van der Waals surface area (Å²) in [6, 6.07) is -0.961. The summed E-state index contributed by atoms with van der Waals surface area (Å²) >= 11 is 6.03. The Hall–Kier alpha value is -4.80. The first-order valence-electron chi connectivity index (χ1n) is 19.3. The standard InChI is InChI=1S/C38H54ClN9O8/c1-7-11-25(29(49)33(52)41-23-15-16-23)42-31(50)26-18-24(56-27-17-14-22(39)19-40-27)20-48(26)34(53)30(38(2,3)4)44-32(51)28(21-12-9-8-10-13-21)43-35-45-36(54-5)47-37(46-35)55-6/h14,17,19,21,23-26,28,30H,7-13,15-16,18,20H2,1-6H3,(H,41,52)(H,42,50)(H,44,51)(H,43,45,46,47)/t24-,25+,26+,28-,30-/m1/s1. The molecular weight excluding hydrogens is 746 g/mol. The molecule has 0 spiro atoms. The maximum Gasteiger partial charge on any atom is 0.324 e. The lowest BCUT2D eigenvalue weighted by atomic mass is 9.82. The van der Waals surface area contributed by atoms with E-state index < -0.39 is 65.1 Å². The highest BCUT2D eigenvalue weighted by Gasteiger charge is 2.47. The van der Waals surface area contributed by atoms with Crippen molar-refractivity contribution < 1.29 is 38.2 Å². The van der Waals surface area contributed by atoms with Crippen molar-refractivity contribution in [1.29, 1.82) is 0 Å². The summed E-state index contributed by atoms with van der Waals surface area (Å²) < 4.78 is 16.6. The second-order valence-corrected chi connectivity index (χ2v) is 16.2. The van der Waals surface area contributed by atoms with Crippen LogP contribution in [0.3, 0.4) is 0 Å². The van der Waals surface area contributed by atoms with E-state index in [1.807, 2.05) is 27.7 Å². The number of methoxy groups -OCH3 is 2. The fourth-order valence-corrected chi connectivity index (χ4v) is 7.19. The van der Waals surface area contributed by atoms with Gasteiger partial charge in [0.2, 0.25) is 35.3 Å². The third-order valence-corrected chi connectivity index (χ3v) is 10.5. The van der Waals surface area contributed by atoms with Crippen LogP contribution in [0.4, 0.5) is 5.95 Å².